The Morgan fingerprint density at radius 3 is 2.31 bits per heavy atom. The van der Waals surface area contributed by atoms with E-state index in [1.54, 1.807) is 0 Å². The molecule has 1 aliphatic rings. The first-order valence-corrected chi connectivity index (χ1v) is 4.89. The lowest BCUT2D eigenvalue weighted by Crippen LogP contribution is -2.26. The molecule has 3 nitrogen and oxygen atoms in total. The van der Waals surface area contributed by atoms with Crippen LogP contribution in [0.3, 0.4) is 0 Å². The Bertz CT molecular complexity index is 175. The fraction of sp³-hybridized carbons (Fsp3) is 0.800. The van der Waals surface area contributed by atoms with Gasteiger partial charge in [-0.1, -0.05) is 26.7 Å². The maximum Gasteiger partial charge on any atom is 0.314 e. The quantitative estimate of drug-likeness (QED) is 0.639. The summed E-state index contributed by atoms with van der Waals surface area (Å²) in [6.07, 6.45) is 3.98. The molecule has 0 bridgehead atoms. The maximum atomic E-state index is 10.9. The molecule has 13 heavy (non-hydrogen) atoms. The van der Waals surface area contributed by atoms with Gasteiger partial charge in [0.1, 0.15) is 11.7 Å². The Kier molecular flexibility index (Phi) is 6.20. The standard InChI is InChI=1S/C7H10O3.C3H8/c8-6-4-2-1-3-5(6)7(9)10;1-3-2/h5H,1-4H2,(H,9,10);3H2,1-2H3. The second-order valence-corrected chi connectivity index (χ2v) is 3.31. The number of hydrogen-bond acceptors (Lipinski definition) is 2. The molecular weight excluding hydrogens is 168 g/mol. The lowest BCUT2D eigenvalue weighted by Gasteiger charge is -2.15. The van der Waals surface area contributed by atoms with E-state index in [0.717, 1.165) is 12.8 Å². The van der Waals surface area contributed by atoms with E-state index >= 15 is 0 Å². The van der Waals surface area contributed by atoms with Crippen LogP contribution < -0.4 is 0 Å². The summed E-state index contributed by atoms with van der Waals surface area (Å²) in [5.74, 6) is -1.75. The average molecular weight is 186 g/mol. The molecule has 3 heteroatoms. The van der Waals surface area contributed by atoms with Crippen molar-refractivity contribution in [3.05, 3.63) is 0 Å². The lowest BCUT2D eigenvalue weighted by atomic mass is 9.88. The lowest BCUT2D eigenvalue weighted by molar-refractivity contribution is -0.147. The molecule has 1 N–H and O–H groups in total. The fourth-order valence-corrected chi connectivity index (χ4v) is 1.24. The Balaban J connectivity index is 0.000000424. The van der Waals surface area contributed by atoms with E-state index in [-0.39, 0.29) is 5.78 Å². The molecular formula is C10H18O3. The topological polar surface area (TPSA) is 54.4 Å². The summed E-state index contributed by atoms with van der Waals surface area (Å²) in [5.41, 5.74) is 0. The Morgan fingerprint density at radius 2 is 2.00 bits per heavy atom. The van der Waals surface area contributed by atoms with Crippen LogP contribution in [0.15, 0.2) is 0 Å². The van der Waals surface area contributed by atoms with Crippen LogP contribution in [0.25, 0.3) is 0 Å². The van der Waals surface area contributed by atoms with E-state index in [1.165, 1.54) is 6.42 Å². The summed E-state index contributed by atoms with van der Waals surface area (Å²) < 4.78 is 0. The molecule has 1 fully saturated rings. The molecule has 0 spiro atoms. The minimum absolute atomic E-state index is 0.0984. The van der Waals surface area contributed by atoms with Crippen molar-refractivity contribution in [2.24, 2.45) is 5.92 Å². The predicted molar refractivity (Wildman–Crippen MR) is 50.6 cm³/mol. The van der Waals surface area contributed by atoms with Gasteiger partial charge in [-0.05, 0) is 12.8 Å². The van der Waals surface area contributed by atoms with Crippen LogP contribution in [0.1, 0.15) is 46.0 Å². The Morgan fingerprint density at radius 1 is 1.46 bits per heavy atom. The molecule has 1 atom stereocenters. The normalized spacial score (nSPS) is 21.7. The van der Waals surface area contributed by atoms with Gasteiger partial charge < -0.3 is 5.11 Å². The van der Waals surface area contributed by atoms with Gasteiger partial charge in [-0.25, -0.2) is 0 Å². The van der Waals surface area contributed by atoms with Crippen molar-refractivity contribution in [3.63, 3.8) is 0 Å². The number of ketones is 1. The van der Waals surface area contributed by atoms with E-state index in [2.05, 4.69) is 13.8 Å². The summed E-state index contributed by atoms with van der Waals surface area (Å²) in [6, 6.07) is 0. The number of carbonyl (C=O) groups excluding carboxylic acids is 1. The third-order valence-electron chi connectivity index (χ3n) is 1.85. The molecule has 1 rings (SSSR count). The SMILES string of the molecule is CCC.O=C(O)C1CCCCC1=O. The van der Waals surface area contributed by atoms with Crippen molar-refractivity contribution < 1.29 is 14.7 Å². The molecule has 0 saturated heterocycles. The van der Waals surface area contributed by atoms with Crippen LogP contribution in [0.5, 0.6) is 0 Å². The van der Waals surface area contributed by atoms with Crippen molar-refractivity contribution in [2.45, 2.75) is 46.0 Å². The first kappa shape index (κ1) is 12.1. The van der Waals surface area contributed by atoms with Crippen molar-refractivity contribution in [1.82, 2.24) is 0 Å². The van der Waals surface area contributed by atoms with E-state index in [1.807, 2.05) is 0 Å². The number of carboxylic acids is 1. The molecule has 76 valence electrons. The van der Waals surface area contributed by atoms with E-state index < -0.39 is 11.9 Å². The summed E-state index contributed by atoms with van der Waals surface area (Å²) in [7, 11) is 0. The van der Waals surface area contributed by atoms with Gasteiger partial charge in [0.15, 0.2) is 0 Å². The zero-order valence-corrected chi connectivity index (χ0v) is 8.38. The summed E-state index contributed by atoms with van der Waals surface area (Å²) >= 11 is 0. The zero-order valence-electron chi connectivity index (χ0n) is 8.38. The van der Waals surface area contributed by atoms with Crippen molar-refractivity contribution in [3.8, 4) is 0 Å². The van der Waals surface area contributed by atoms with Gasteiger partial charge >= 0.3 is 5.97 Å². The third kappa shape index (κ3) is 4.65. The van der Waals surface area contributed by atoms with Crippen LogP contribution in [0.4, 0.5) is 0 Å². The highest BCUT2D eigenvalue weighted by Crippen LogP contribution is 2.20. The minimum atomic E-state index is -0.954. The number of carboxylic acid groups (broad SMARTS) is 1. The molecule has 0 heterocycles. The fourth-order valence-electron chi connectivity index (χ4n) is 1.24. The third-order valence-corrected chi connectivity index (χ3v) is 1.85. The number of hydrogen-bond donors (Lipinski definition) is 1. The predicted octanol–water partition coefficient (Wildman–Crippen LogP) is 2.25. The van der Waals surface area contributed by atoms with Crippen molar-refractivity contribution in [1.29, 1.82) is 0 Å². The first-order chi connectivity index (χ1) is 6.13. The van der Waals surface area contributed by atoms with Gasteiger partial charge in [0, 0.05) is 6.42 Å². The zero-order chi connectivity index (χ0) is 10.3. The number of aliphatic carboxylic acids is 1. The van der Waals surface area contributed by atoms with Crippen molar-refractivity contribution in [2.75, 3.05) is 0 Å². The summed E-state index contributed by atoms with van der Waals surface area (Å²) in [5, 5.41) is 8.49. The highest BCUT2D eigenvalue weighted by molar-refractivity contribution is 5.98. The van der Waals surface area contributed by atoms with Gasteiger partial charge in [0.2, 0.25) is 0 Å². The second kappa shape index (κ2) is 6.63. The van der Waals surface area contributed by atoms with Crippen LogP contribution >= 0.6 is 0 Å². The molecule has 1 unspecified atom stereocenters. The molecule has 0 aromatic carbocycles. The molecule has 0 radical (unpaired) electrons. The average Bonchev–Trinajstić information content (AvgIpc) is 2.06. The first-order valence-electron chi connectivity index (χ1n) is 4.89. The number of carbonyl (C=O) groups is 2. The van der Waals surface area contributed by atoms with E-state index in [0.29, 0.717) is 12.8 Å². The van der Waals surface area contributed by atoms with Gasteiger partial charge in [-0.3, -0.25) is 9.59 Å². The number of rotatable bonds is 1. The van der Waals surface area contributed by atoms with Crippen LogP contribution in [-0.4, -0.2) is 16.9 Å². The smallest absolute Gasteiger partial charge is 0.314 e. The molecule has 0 amide bonds. The highest BCUT2D eigenvalue weighted by Gasteiger charge is 2.27. The van der Waals surface area contributed by atoms with Gasteiger partial charge in [0.25, 0.3) is 0 Å². The Labute approximate surface area is 79.1 Å². The van der Waals surface area contributed by atoms with Crippen LogP contribution in [0, 0.1) is 5.92 Å². The minimum Gasteiger partial charge on any atom is -0.481 e. The van der Waals surface area contributed by atoms with E-state index in [9.17, 15) is 9.59 Å². The second-order valence-electron chi connectivity index (χ2n) is 3.31. The number of Topliss-reactive ketones (excluding diaryl/α,β-unsaturated/α-hetero) is 1. The van der Waals surface area contributed by atoms with Crippen LogP contribution in [0.2, 0.25) is 0 Å². The molecule has 0 aromatic rings. The molecule has 0 aromatic heterocycles. The van der Waals surface area contributed by atoms with Gasteiger partial charge in [0.05, 0.1) is 0 Å². The summed E-state index contributed by atoms with van der Waals surface area (Å²) in [6.45, 7) is 4.25. The van der Waals surface area contributed by atoms with Gasteiger partial charge in [-0.2, -0.15) is 0 Å². The molecule has 0 aliphatic heterocycles. The monoisotopic (exact) mass is 186 g/mol. The van der Waals surface area contributed by atoms with E-state index in [4.69, 9.17) is 5.11 Å². The van der Waals surface area contributed by atoms with Gasteiger partial charge in [-0.15, -0.1) is 0 Å². The Hall–Kier alpha value is -0.860. The maximum absolute atomic E-state index is 10.9. The summed E-state index contributed by atoms with van der Waals surface area (Å²) in [4.78, 5) is 21.2. The largest absolute Gasteiger partial charge is 0.481 e. The highest BCUT2D eigenvalue weighted by atomic mass is 16.4. The van der Waals surface area contributed by atoms with Crippen LogP contribution in [-0.2, 0) is 9.59 Å². The van der Waals surface area contributed by atoms with Crippen molar-refractivity contribution >= 4 is 11.8 Å². The molecule has 1 saturated carbocycles. The molecule has 1 aliphatic carbocycles.